The van der Waals surface area contributed by atoms with Gasteiger partial charge >= 0.3 is 0 Å². The number of unbranched alkanes of at least 4 members (excludes halogenated alkanes) is 2. The van der Waals surface area contributed by atoms with E-state index in [1.165, 1.54) is 24.1 Å². The summed E-state index contributed by atoms with van der Waals surface area (Å²) in [5.74, 6) is 0.232. The van der Waals surface area contributed by atoms with Crippen LogP contribution in [-0.2, 0) is 17.9 Å². The minimum absolute atomic E-state index is 0.232. The Morgan fingerprint density at radius 3 is 2.40 bits per heavy atom. The van der Waals surface area contributed by atoms with Gasteiger partial charge in [0.15, 0.2) is 0 Å². The standard InChI is InChI=1S/C22H32N2O/c1-5-6-10-15-24(21(25)22(2,3)4)18-20-14-11-16-23(20)17-19-12-8-7-9-13-19/h7-9,11-14,16H,5-6,10,15,17-18H2,1-4H3. The summed E-state index contributed by atoms with van der Waals surface area (Å²) in [6, 6.07) is 14.7. The van der Waals surface area contributed by atoms with E-state index in [-0.39, 0.29) is 11.3 Å². The molecule has 1 amide bonds. The lowest BCUT2D eigenvalue weighted by atomic mass is 9.94. The van der Waals surface area contributed by atoms with E-state index in [0.717, 1.165) is 19.5 Å². The maximum atomic E-state index is 12.9. The van der Waals surface area contributed by atoms with Crippen molar-refractivity contribution in [2.45, 2.75) is 60.0 Å². The molecule has 0 atom stereocenters. The molecule has 25 heavy (non-hydrogen) atoms. The first kappa shape index (κ1) is 19.3. The van der Waals surface area contributed by atoms with Crippen LogP contribution in [0.3, 0.4) is 0 Å². The summed E-state index contributed by atoms with van der Waals surface area (Å²) >= 11 is 0. The van der Waals surface area contributed by atoms with Gasteiger partial charge in [-0.1, -0.05) is 70.9 Å². The van der Waals surface area contributed by atoms with Crippen LogP contribution in [0.2, 0.25) is 0 Å². The maximum absolute atomic E-state index is 12.9. The minimum atomic E-state index is -0.344. The van der Waals surface area contributed by atoms with E-state index in [9.17, 15) is 4.79 Å². The van der Waals surface area contributed by atoms with Crippen molar-refractivity contribution in [3.63, 3.8) is 0 Å². The van der Waals surface area contributed by atoms with E-state index in [2.05, 4.69) is 54.1 Å². The average Bonchev–Trinajstić information content (AvgIpc) is 3.00. The maximum Gasteiger partial charge on any atom is 0.228 e. The lowest BCUT2D eigenvalue weighted by Gasteiger charge is -2.30. The lowest BCUT2D eigenvalue weighted by Crippen LogP contribution is -2.40. The van der Waals surface area contributed by atoms with Gasteiger partial charge in [-0.15, -0.1) is 0 Å². The molecule has 0 aliphatic carbocycles. The number of nitrogens with zero attached hydrogens (tertiary/aromatic N) is 2. The molecule has 3 nitrogen and oxygen atoms in total. The molecule has 1 aromatic carbocycles. The van der Waals surface area contributed by atoms with Crippen molar-refractivity contribution < 1.29 is 4.79 Å². The van der Waals surface area contributed by atoms with Gasteiger partial charge in [0.1, 0.15) is 0 Å². The Balaban J connectivity index is 2.13. The van der Waals surface area contributed by atoms with Crippen molar-refractivity contribution in [2.24, 2.45) is 5.41 Å². The third-order valence-electron chi connectivity index (χ3n) is 4.43. The number of hydrogen-bond acceptors (Lipinski definition) is 1. The molecular formula is C22H32N2O. The molecule has 0 aliphatic heterocycles. The van der Waals surface area contributed by atoms with Crippen molar-refractivity contribution >= 4 is 5.91 Å². The summed E-state index contributed by atoms with van der Waals surface area (Å²) in [7, 11) is 0. The van der Waals surface area contributed by atoms with Crippen molar-refractivity contribution in [2.75, 3.05) is 6.54 Å². The Kier molecular flexibility index (Phi) is 6.86. The molecule has 2 rings (SSSR count). The molecule has 0 unspecified atom stereocenters. The third-order valence-corrected chi connectivity index (χ3v) is 4.43. The molecule has 0 saturated heterocycles. The number of carbonyl (C=O) groups excluding carboxylic acids is 1. The first-order chi connectivity index (χ1) is 11.9. The zero-order valence-corrected chi connectivity index (χ0v) is 16.2. The van der Waals surface area contributed by atoms with Gasteiger partial charge < -0.3 is 9.47 Å². The largest absolute Gasteiger partial charge is 0.345 e. The fourth-order valence-electron chi connectivity index (χ4n) is 3.00. The molecule has 0 aliphatic rings. The monoisotopic (exact) mass is 340 g/mol. The zero-order chi connectivity index (χ0) is 18.3. The van der Waals surface area contributed by atoms with E-state index in [1.807, 2.05) is 31.7 Å². The van der Waals surface area contributed by atoms with Gasteiger partial charge in [-0.25, -0.2) is 0 Å². The van der Waals surface area contributed by atoms with Gasteiger partial charge in [0.25, 0.3) is 0 Å². The van der Waals surface area contributed by atoms with Crippen LogP contribution < -0.4 is 0 Å². The van der Waals surface area contributed by atoms with Gasteiger partial charge in [0.2, 0.25) is 5.91 Å². The second kappa shape index (κ2) is 8.89. The number of hydrogen-bond donors (Lipinski definition) is 0. The van der Waals surface area contributed by atoms with Crippen molar-refractivity contribution in [1.82, 2.24) is 9.47 Å². The number of carbonyl (C=O) groups is 1. The van der Waals surface area contributed by atoms with Crippen LogP contribution in [0.1, 0.15) is 58.2 Å². The highest BCUT2D eigenvalue weighted by molar-refractivity contribution is 5.81. The summed E-state index contributed by atoms with van der Waals surface area (Å²) in [6.07, 6.45) is 5.51. The van der Waals surface area contributed by atoms with Crippen LogP contribution >= 0.6 is 0 Å². The predicted molar refractivity (Wildman–Crippen MR) is 104 cm³/mol. The number of aromatic nitrogens is 1. The molecule has 1 heterocycles. The summed E-state index contributed by atoms with van der Waals surface area (Å²) in [5, 5.41) is 0. The van der Waals surface area contributed by atoms with Crippen LogP contribution in [0.5, 0.6) is 0 Å². The van der Waals surface area contributed by atoms with Crippen LogP contribution in [0.4, 0.5) is 0 Å². The molecule has 0 bridgehead atoms. The average molecular weight is 341 g/mol. The zero-order valence-electron chi connectivity index (χ0n) is 16.2. The Hall–Kier alpha value is -2.03. The Morgan fingerprint density at radius 1 is 1.04 bits per heavy atom. The van der Waals surface area contributed by atoms with Gasteiger partial charge in [-0.3, -0.25) is 4.79 Å². The van der Waals surface area contributed by atoms with Crippen LogP contribution in [0.25, 0.3) is 0 Å². The lowest BCUT2D eigenvalue weighted by molar-refractivity contribution is -0.140. The van der Waals surface area contributed by atoms with Crippen LogP contribution in [0, 0.1) is 5.41 Å². The quantitative estimate of drug-likeness (QED) is 0.614. The van der Waals surface area contributed by atoms with Crippen LogP contribution in [0.15, 0.2) is 48.7 Å². The van der Waals surface area contributed by atoms with E-state index < -0.39 is 0 Å². The molecule has 136 valence electrons. The van der Waals surface area contributed by atoms with Crippen molar-refractivity contribution in [3.8, 4) is 0 Å². The van der Waals surface area contributed by atoms with Gasteiger partial charge in [0.05, 0.1) is 6.54 Å². The summed E-state index contributed by atoms with van der Waals surface area (Å²) < 4.78 is 2.25. The second-order valence-electron chi connectivity index (χ2n) is 7.80. The van der Waals surface area contributed by atoms with Crippen molar-refractivity contribution in [3.05, 3.63) is 59.9 Å². The smallest absolute Gasteiger partial charge is 0.228 e. The molecular weight excluding hydrogens is 308 g/mol. The van der Waals surface area contributed by atoms with E-state index in [0.29, 0.717) is 6.54 Å². The summed E-state index contributed by atoms with van der Waals surface area (Å²) in [4.78, 5) is 14.9. The molecule has 2 aromatic rings. The number of amides is 1. The fraction of sp³-hybridized carbons (Fsp3) is 0.500. The number of rotatable bonds is 8. The molecule has 0 saturated carbocycles. The highest BCUT2D eigenvalue weighted by Crippen LogP contribution is 2.20. The molecule has 0 fully saturated rings. The number of benzene rings is 1. The highest BCUT2D eigenvalue weighted by Gasteiger charge is 2.27. The normalized spacial score (nSPS) is 11.5. The minimum Gasteiger partial charge on any atom is -0.345 e. The van der Waals surface area contributed by atoms with Crippen LogP contribution in [-0.4, -0.2) is 21.9 Å². The topological polar surface area (TPSA) is 25.2 Å². The molecule has 0 N–H and O–H groups in total. The first-order valence-corrected chi connectivity index (χ1v) is 9.39. The van der Waals surface area contributed by atoms with Crippen molar-refractivity contribution in [1.29, 1.82) is 0 Å². The fourth-order valence-corrected chi connectivity index (χ4v) is 3.00. The van der Waals surface area contributed by atoms with Gasteiger partial charge in [-0.05, 0) is 24.1 Å². The van der Waals surface area contributed by atoms with E-state index in [1.54, 1.807) is 0 Å². The Morgan fingerprint density at radius 2 is 1.76 bits per heavy atom. The molecule has 0 radical (unpaired) electrons. The predicted octanol–water partition coefficient (Wildman–Crippen LogP) is 5.10. The molecule has 1 aromatic heterocycles. The van der Waals surface area contributed by atoms with Gasteiger partial charge in [0, 0.05) is 30.4 Å². The Bertz CT molecular complexity index is 652. The van der Waals surface area contributed by atoms with Gasteiger partial charge in [-0.2, -0.15) is 0 Å². The first-order valence-electron chi connectivity index (χ1n) is 9.39. The summed E-state index contributed by atoms with van der Waals surface area (Å²) in [5.41, 5.74) is 2.13. The molecule has 3 heteroatoms. The SMILES string of the molecule is CCCCCN(Cc1cccn1Cc1ccccc1)C(=O)C(C)(C)C. The Labute approximate surface area is 152 Å². The second-order valence-corrected chi connectivity index (χ2v) is 7.80. The van der Waals surface area contributed by atoms with E-state index in [4.69, 9.17) is 0 Å². The van der Waals surface area contributed by atoms with E-state index >= 15 is 0 Å². The third kappa shape index (κ3) is 5.77. The summed E-state index contributed by atoms with van der Waals surface area (Å²) in [6.45, 7) is 10.6. The highest BCUT2D eigenvalue weighted by atomic mass is 16.2. The molecule has 0 spiro atoms.